The summed E-state index contributed by atoms with van der Waals surface area (Å²) in [6.45, 7) is 26.2. The van der Waals surface area contributed by atoms with Gasteiger partial charge in [-0.15, -0.1) is 0 Å². The van der Waals surface area contributed by atoms with Crippen molar-refractivity contribution in [3.63, 3.8) is 0 Å². The van der Waals surface area contributed by atoms with E-state index in [1.807, 2.05) is 13.0 Å². The molecule has 0 spiro atoms. The standard InChI is InChI=1S/C30H52N4O2/c1-10-31-17-29(6,7)18-33-15-23-11-25(28(3,4)5)12-24(27(23)36)16-34-20-30(8,9)19-32-14-22-13-26(35)21(22)2/h11-13,31-36H,10,14-20H2,1-9H3. The smallest absolute Gasteiger partial charge is 0.124 e. The number of rotatable bonds is 15. The number of benzene rings is 1. The first-order valence-electron chi connectivity index (χ1n) is 13.4. The number of allylic oxidation sites excluding steroid dienone is 1. The largest absolute Gasteiger partial charge is 0.508 e. The Morgan fingerprint density at radius 1 is 0.694 bits per heavy atom. The molecule has 0 bridgehead atoms. The number of hydrogen-bond acceptors (Lipinski definition) is 6. The van der Waals surface area contributed by atoms with Gasteiger partial charge in [-0.05, 0) is 52.5 Å². The SMILES string of the molecule is CCNCC(C)(C)CNCc1cc(C(C)(C)C)cc(CNCC(C)(C)CNCC2=C(C)C(O)=C2)c1O. The minimum atomic E-state index is 0.00191. The Labute approximate surface area is 220 Å². The molecule has 1 aliphatic rings. The second-order valence-electron chi connectivity index (χ2n) is 13.0. The van der Waals surface area contributed by atoms with E-state index in [0.717, 1.165) is 56.0 Å². The van der Waals surface area contributed by atoms with Crippen LogP contribution in [0.4, 0.5) is 0 Å². The number of phenolic OH excluding ortho intramolecular Hbond substituents is 1. The molecule has 36 heavy (non-hydrogen) atoms. The molecular weight excluding hydrogens is 448 g/mol. The first-order valence-corrected chi connectivity index (χ1v) is 13.4. The fraction of sp³-hybridized carbons (Fsp3) is 0.667. The first-order chi connectivity index (χ1) is 16.6. The summed E-state index contributed by atoms with van der Waals surface area (Å²) in [6, 6.07) is 4.30. The molecule has 6 N–H and O–H groups in total. The maximum Gasteiger partial charge on any atom is 0.124 e. The number of hydrogen-bond donors (Lipinski definition) is 6. The van der Waals surface area contributed by atoms with Crippen LogP contribution in [0.25, 0.3) is 0 Å². The van der Waals surface area contributed by atoms with E-state index in [0.29, 0.717) is 24.6 Å². The fourth-order valence-corrected chi connectivity index (χ4v) is 4.31. The van der Waals surface area contributed by atoms with Crippen molar-refractivity contribution in [1.29, 1.82) is 0 Å². The molecule has 6 nitrogen and oxygen atoms in total. The molecule has 1 aromatic rings. The third-order valence-electron chi connectivity index (χ3n) is 6.92. The van der Waals surface area contributed by atoms with Crippen molar-refractivity contribution in [2.75, 3.05) is 39.3 Å². The number of aliphatic hydroxyl groups excluding tert-OH is 1. The Morgan fingerprint density at radius 3 is 1.53 bits per heavy atom. The predicted molar refractivity (Wildman–Crippen MR) is 153 cm³/mol. The van der Waals surface area contributed by atoms with Gasteiger partial charge in [0.1, 0.15) is 11.5 Å². The molecule has 0 atom stereocenters. The van der Waals surface area contributed by atoms with Crippen molar-refractivity contribution in [3.05, 3.63) is 51.8 Å². The van der Waals surface area contributed by atoms with Crippen molar-refractivity contribution in [2.45, 2.75) is 80.8 Å². The molecule has 0 fully saturated rings. The molecule has 0 saturated carbocycles. The lowest BCUT2D eigenvalue weighted by atomic mass is 9.84. The zero-order chi connectivity index (χ0) is 27.1. The summed E-state index contributed by atoms with van der Waals surface area (Å²) in [4.78, 5) is 0. The third kappa shape index (κ3) is 9.22. The summed E-state index contributed by atoms with van der Waals surface area (Å²) in [6.07, 6.45) is 1.83. The summed E-state index contributed by atoms with van der Waals surface area (Å²) < 4.78 is 0. The van der Waals surface area contributed by atoms with E-state index < -0.39 is 0 Å². The number of nitrogens with one attached hydrogen (secondary N) is 4. The molecule has 204 valence electrons. The number of phenols is 1. The molecule has 0 radical (unpaired) electrons. The van der Waals surface area contributed by atoms with Crippen molar-refractivity contribution >= 4 is 0 Å². The zero-order valence-corrected chi connectivity index (χ0v) is 24.3. The van der Waals surface area contributed by atoms with Crippen LogP contribution < -0.4 is 21.3 Å². The molecule has 0 aliphatic heterocycles. The topological polar surface area (TPSA) is 88.6 Å². The van der Waals surface area contributed by atoms with E-state index in [4.69, 9.17) is 0 Å². The summed E-state index contributed by atoms with van der Waals surface area (Å²) >= 11 is 0. The lowest BCUT2D eigenvalue weighted by molar-refractivity contribution is 0.320. The molecule has 6 heteroatoms. The van der Waals surface area contributed by atoms with Gasteiger partial charge in [-0.1, -0.05) is 67.5 Å². The van der Waals surface area contributed by atoms with E-state index >= 15 is 0 Å². The first kappa shape index (κ1) is 30.4. The highest BCUT2D eigenvalue weighted by Gasteiger charge is 2.22. The fourth-order valence-electron chi connectivity index (χ4n) is 4.31. The van der Waals surface area contributed by atoms with Crippen LogP contribution in [0.1, 0.15) is 79.0 Å². The van der Waals surface area contributed by atoms with Gasteiger partial charge >= 0.3 is 0 Å². The van der Waals surface area contributed by atoms with Gasteiger partial charge in [0.25, 0.3) is 0 Å². The van der Waals surface area contributed by atoms with Crippen molar-refractivity contribution in [2.24, 2.45) is 10.8 Å². The minimum Gasteiger partial charge on any atom is -0.508 e. The molecule has 0 saturated heterocycles. The van der Waals surface area contributed by atoms with Crippen molar-refractivity contribution < 1.29 is 10.2 Å². The maximum atomic E-state index is 11.1. The van der Waals surface area contributed by atoms with E-state index in [1.165, 1.54) is 11.1 Å². The number of aromatic hydroxyl groups is 1. The van der Waals surface area contributed by atoms with E-state index in [1.54, 1.807) is 0 Å². The monoisotopic (exact) mass is 500 g/mol. The molecule has 1 aromatic carbocycles. The maximum absolute atomic E-state index is 11.1. The van der Waals surface area contributed by atoms with Crippen LogP contribution in [0.15, 0.2) is 35.1 Å². The molecular formula is C30H52N4O2. The summed E-state index contributed by atoms with van der Waals surface area (Å²) in [5.41, 5.74) is 5.49. The van der Waals surface area contributed by atoms with Gasteiger partial charge in [0.05, 0.1) is 0 Å². The van der Waals surface area contributed by atoms with Crippen LogP contribution in [0.3, 0.4) is 0 Å². The van der Waals surface area contributed by atoms with Crippen LogP contribution in [-0.4, -0.2) is 49.5 Å². The van der Waals surface area contributed by atoms with Gasteiger partial charge in [-0.25, -0.2) is 0 Å². The van der Waals surface area contributed by atoms with Crippen molar-refractivity contribution in [3.8, 4) is 5.75 Å². The van der Waals surface area contributed by atoms with Crippen molar-refractivity contribution in [1.82, 2.24) is 21.3 Å². The van der Waals surface area contributed by atoms with Crippen LogP contribution in [0.5, 0.6) is 5.75 Å². The summed E-state index contributed by atoms with van der Waals surface area (Å²) in [5.74, 6) is 0.791. The quantitative estimate of drug-likeness (QED) is 0.206. The Hall–Kier alpha value is -1.86. The minimum absolute atomic E-state index is 0.00191. The Kier molecular flexibility index (Phi) is 10.6. The van der Waals surface area contributed by atoms with Crippen LogP contribution in [-0.2, 0) is 18.5 Å². The summed E-state index contributed by atoms with van der Waals surface area (Å²) in [7, 11) is 0. The predicted octanol–water partition coefficient (Wildman–Crippen LogP) is 4.89. The van der Waals surface area contributed by atoms with Gasteiger partial charge < -0.3 is 31.5 Å². The molecule has 2 rings (SSSR count). The lowest BCUT2D eigenvalue weighted by Crippen LogP contribution is -2.39. The number of aliphatic hydroxyl groups is 1. The van der Waals surface area contributed by atoms with Gasteiger partial charge in [-0.3, -0.25) is 0 Å². The van der Waals surface area contributed by atoms with Gasteiger partial charge in [-0.2, -0.15) is 0 Å². The second-order valence-corrected chi connectivity index (χ2v) is 13.0. The van der Waals surface area contributed by atoms with E-state index in [2.05, 4.69) is 88.8 Å². The third-order valence-corrected chi connectivity index (χ3v) is 6.92. The average molecular weight is 501 g/mol. The van der Waals surface area contributed by atoms with Crippen LogP contribution >= 0.6 is 0 Å². The van der Waals surface area contributed by atoms with Gasteiger partial charge in [0, 0.05) is 56.9 Å². The molecule has 0 heterocycles. The summed E-state index contributed by atoms with van der Waals surface area (Å²) in [5, 5.41) is 34.8. The molecule has 0 amide bonds. The molecule has 0 unspecified atom stereocenters. The van der Waals surface area contributed by atoms with Gasteiger partial charge in [0.15, 0.2) is 0 Å². The lowest BCUT2D eigenvalue weighted by Gasteiger charge is -2.28. The molecule has 0 aromatic heterocycles. The Bertz CT molecular complexity index is 939. The van der Waals surface area contributed by atoms with Crippen LogP contribution in [0.2, 0.25) is 0 Å². The van der Waals surface area contributed by atoms with Crippen LogP contribution in [0, 0.1) is 10.8 Å². The zero-order valence-electron chi connectivity index (χ0n) is 24.3. The molecule has 1 aliphatic carbocycles. The average Bonchev–Trinajstić information content (AvgIpc) is 2.78. The Balaban J connectivity index is 1.98. The normalized spacial score (nSPS) is 14.8. The van der Waals surface area contributed by atoms with E-state index in [-0.39, 0.29) is 16.2 Å². The van der Waals surface area contributed by atoms with E-state index in [9.17, 15) is 10.2 Å². The highest BCUT2D eigenvalue weighted by Crippen LogP contribution is 2.31. The van der Waals surface area contributed by atoms with Gasteiger partial charge in [0.2, 0.25) is 0 Å². The highest BCUT2D eigenvalue weighted by molar-refractivity contribution is 5.48. The Morgan fingerprint density at radius 2 is 1.14 bits per heavy atom. The highest BCUT2D eigenvalue weighted by atomic mass is 16.3. The second kappa shape index (κ2) is 12.6.